The van der Waals surface area contributed by atoms with Gasteiger partial charge in [0.1, 0.15) is 0 Å². The van der Waals surface area contributed by atoms with Gasteiger partial charge in [-0.3, -0.25) is 14.3 Å². The lowest BCUT2D eigenvalue weighted by Gasteiger charge is -2.09. The van der Waals surface area contributed by atoms with Crippen molar-refractivity contribution in [2.75, 3.05) is 0 Å². The van der Waals surface area contributed by atoms with Crippen LogP contribution < -0.4 is 11.2 Å². The van der Waals surface area contributed by atoms with Crippen LogP contribution in [0.5, 0.6) is 0 Å². The molecule has 0 aromatic carbocycles. The SMILES string of the molecule is CC(C)Cn1c(=O)[nH]c(=O)c2nccnc21. The summed E-state index contributed by atoms with van der Waals surface area (Å²) in [7, 11) is 0. The van der Waals surface area contributed by atoms with Crippen molar-refractivity contribution >= 4 is 11.2 Å². The Balaban J connectivity index is 2.82. The Labute approximate surface area is 91.0 Å². The number of nitrogens with one attached hydrogen (secondary N) is 1. The largest absolute Gasteiger partial charge is 0.330 e. The molecule has 0 aliphatic rings. The zero-order valence-corrected chi connectivity index (χ0v) is 9.10. The third-order valence-electron chi connectivity index (χ3n) is 2.16. The number of fused-ring (bicyclic) bond motifs is 1. The van der Waals surface area contributed by atoms with Crippen LogP contribution in [0.15, 0.2) is 22.0 Å². The first-order chi connectivity index (χ1) is 7.59. The Morgan fingerprint density at radius 1 is 1.31 bits per heavy atom. The number of H-pyrrole nitrogens is 1. The number of hydrogen-bond donors (Lipinski definition) is 1. The summed E-state index contributed by atoms with van der Waals surface area (Å²) >= 11 is 0. The van der Waals surface area contributed by atoms with Crippen LogP contribution >= 0.6 is 0 Å². The summed E-state index contributed by atoms with van der Waals surface area (Å²) in [5.41, 5.74) is -0.396. The van der Waals surface area contributed by atoms with Gasteiger partial charge in [0.15, 0.2) is 11.2 Å². The summed E-state index contributed by atoms with van der Waals surface area (Å²) in [6.45, 7) is 4.48. The van der Waals surface area contributed by atoms with Crippen molar-refractivity contribution in [3.63, 3.8) is 0 Å². The summed E-state index contributed by atoms with van der Waals surface area (Å²) in [5, 5.41) is 0. The molecule has 2 heterocycles. The minimum Gasteiger partial charge on any atom is -0.276 e. The molecule has 1 N–H and O–H groups in total. The highest BCUT2D eigenvalue weighted by molar-refractivity contribution is 5.67. The van der Waals surface area contributed by atoms with Gasteiger partial charge in [0.25, 0.3) is 5.56 Å². The number of nitrogens with zero attached hydrogens (tertiary/aromatic N) is 3. The first-order valence-electron chi connectivity index (χ1n) is 5.03. The molecule has 2 aromatic rings. The van der Waals surface area contributed by atoms with Gasteiger partial charge < -0.3 is 0 Å². The first kappa shape index (κ1) is 10.5. The average Bonchev–Trinajstić information content (AvgIpc) is 2.24. The van der Waals surface area contributed by atoms with Crippen molar-refractivity contribution in [1.82, 2.24) is 19.5 Å². The van der Waals surface area contributed by atoms with Gasteiger partial charge in [-0.15, -0.1) is 0 Å². The fourth-order valence-corrected chi connectivity index (χ4v) is 1.54. The van der Waals surface area contributed by atoms with E-state index in [2.05, 4.69) is 15.0 Å². The summed E-state index contributed by atoms with van der Waals surface area (Å²) in [5.74, 6) is 0.286. The van der Waals surface area contributed by atoms with Gasteiger partial charge in [0.2, 0.25) is 0 Å². The molecule has 0 aliphatic heterocycles. The van der Waals surface area contributed by atoms with Gasteiger partial charge in [0, 0.05) is 18.9 Å². The number of aromatic amines is 1. The number of rotatable bonds is 2. The first-order valence-corrected chi connectivity index (χ1v) is 5.03. The molecule has 0 saturated carbocycles. The third-order valence-corrected chi connectivity index (χ3v) is 2.16. The van der Waals surface area contributed by atoms with Crippen LogP contribution in [0.2, 0.25) is 0 Å². The van der Waals surface area contributed by atoms with Gasteiger partial charge in [-0.2, -0.15) is 0 Å². The van der Waals surface area contributed by atoms with E-state index in [9.17, 15) is 9.59 Å². The topological polar surface area (TPSA) is 80.6 Å². The van der Waals surface area contributed by atoms with E-state index in [1.165, 1.54) is 17.0 Å². The fourth-order valence-electron chi connectivity index (χ4n) is 1.54. The van der Waals surface area contributed by atoms with Gasteiger partial charge in [-0.25, -0.2) is 14.8 Å². The average molecular weight is 220 g/mol. The molecule has 0 aliphatic carbocycles. The molecule has 2 rings (SSSR count). The summed E-state index contributed by atoms with van der Waals surface area (Å²) in [6, 6.07) is 0. The Morgan fingerprint density at radius 3 is 2.69 bits per heavy atom. The zero-order valence-electron chi connectivity index (χ0n) is 9.10. The lowest BCUT2D eigenvalue weighted by molar-refractivity contribution is 0.512. The maximum atomic E-state index is 11.6. The Bertz CT molecular complexity index is 626. The van der Waals surface area contributed by atoms with Gasteiger partial charge in [0.05, 0.1) is 0 Å². The van der Waals surface area contributed by atoms with Crippen LogP contribution in [0.4, 0.5) is 0 Å². The molecule has 2 aromatic heterocycles. The minimum absolute atomic E-state index is 0.197. The smallest absolute Gasteiger partial charge is 0.276 e. The summed E-state index contributed by atoms with van der Waals surface area (Å²) < 4.78 is 1.44. The van der Waals surface area contributed by atoms with Crippen molar-refractivity contribution in [1.29, 1.82) is 0 Å². The van der Waals surface area contributed by atoms with E-state index >= 15 is 0 Å². The van der Waals surface area contributed by atoms with Crippen molar-refractivity contribution in [2.24, 2.45) is 5.92 Å². The van der Waals surface area contributed by atoms with Crippen LogP contribution in [0.1, 0.15) is 13.8 Å². The fraction of sp³-hybridized carbons (Fsp3) is 0.400. The molecule has 0 saturated heterocycles. The molecule has 0 spiro atoms. The Morgan fingerprint density at radius 2 is 2.00 bits per heavy atom. The molecule has 6 heteroatoms. The predicted octanol–water partition coefficient (Wildman–Crippen LogP) is 0.136. The highest BCUT2D eigenvalue weighted by Crippen LogP contribution is 2.02. The zero-order chi connectivity index (χ0) is 11.7. The van der Waals surface area contributed by atoms with Crippen molar-refractivity contribution in [3.8, 4) is 0 Å². The van der Waals surface area contributed by atoms with E-state index in [4.69, 9.17) is 0 Å². The van der Waals surface area contributed by atoms with Crippen LogP contribution in [0, 0.1) is 5.92 Å². The van der Waals surface area contributed by atoms with Crippen LogP contribution in [-0.4, -0.2) is 19.5 Å². The lowest BCUT2D eigenvalue weighted by atomic mass is 10.2. The van der Waals surface area contributed by atoms with E-state index in [0.29, 0.717) is 12.2 Å². The molecule has 0 bridgehead atoms. The second-order valence-electron chi connectivity index (χ2n) is 3.99. The molecule has 0 radical (unpaired) electrons. The lowest BCUT2D eigenvalue weighted by Crippen LogP contribution is -2.32. The van der Waals surface area contributed by atoms with Gasteiger partial charge >= 0.3 is 5.69 Å². The summed E-state index contributed by atoms with van der Waals surface area (Å²) in [4.78, 5) is 33.3. The molecule has 0 atom stereocenters. The molecule has 16 heavy (non-hydrogen) atoms. The maximum Gasteiger partial charge on any atom is 0.330 e. The molecular weight excluding hydrogens is 208 g/mol. The second-order valence-corrected chi connectivity index (χ2v) is 3.99. The molecule has 0 fully saturated rings. The molecule has 0 amide bonds. The Kier molecular flexibility index (Phi) is 2.55. The van der Waals surface area contributed by atoms with Crippen LogP contribution in [0.25, 0.3) is 11.2 Å². The number of hydrogen-bond acceptors (Lipinski definition) is 4. The Hall–Kier alpha value is -1.98. The van der Waals surface area contributed by atoms with Gasteiger partial charge in [-0.1, -0.05) is 13.8 Å². The van der Waals surface area contributed by atoms with Crippen LogP contribution in [-0.2, 0) is 6.54 Å². The second kappa shape index (κ2) is 3.88. The summed E-state index contributed by atoms with van der Waals surface area (Å²) in [6.07, 6.45) is 2.90. The quantitative estimate of drug-likeness (QED) is 0.780. The highest BCUT2D eigenvalue weighted by atomic mass is 16.2. The van der Waals surface area contributed by atoms with E-state index in [0.717, 1.165) is 0 Å². The monoisotopic (exact) mass is 220 g/mol. The molecule has 0 unspecified atom stereocenters. The van der Waals surface area contributed by atoms with E-state index < -0.39 is 11.2 Å². The highest BCUT2D eigenvalue weighted by Gasteiger charge is 2.09. The maximum absolute atomic E-state index is 11.6. The standard InChI is InChI=1S/C10H12N4O2/c1-6(2)5-14-8-7(11-3-4-12-8)9(15)13-10(14)16/h3-4,6H,5H2,1-2H3,(H,13,15,16). The predicted molar refractivity (Wildman–Crippen MR) is 59.3 cm³/mol. The minimum atomic E-state index is -0.492. The van der Waals surface area contributed by atoms with Crippen molar-refractivity contribution in [2.45, 2.75) is 20.4 Å². The van der Waals surface area contributed by atoms with Crippen LogP contribution in [0.3, 0.4) is 0 Å². The molecule has 84 valence electrons. The number of aromatic nitrogens is 4. The van der Waals surface area contributed by atoms with E-state index in [-0.39, 0.29) is 11.4 Å². The molecule has 6 nitrogen and oxygen atoms in total. The van der Waals surface area contributed by atoms with E-state index in [1.54, 1.807) is 0 Å². The van der Waals surface area contributed by atoms with Gasteiger partial charge in [-0.05, 0) is 5.92 Å². The van der Waals surface area contributed by atoms with Crippen molar-refractivity contribution in [3.05, 3.63) is 33.2 Å². The molecular formula is C10H12N4O2. The van der Waals surface area contributed by atoms with E-state index in [1.807, 2.05) is 13.8 Å². The van der Waals surface area contributed by atoms with Crippen molar-refractivity contribution < 1.29 is 0 Å². The normalized spacial score (nSPS) is 11.2. The third kappa shape index (κ3) is 1.73.